The quantitative estimate of drug-likeness (QED) is 0.746. The highest BCUT2D eigenvalue weighted by molar-refractivity contribution is 5.74. The molecule has 0 saturated heterocycles. The standard InChI is InChI=1S/C14H18N2O/c15-10-4-8-13-7-3-6-12(11-13)5-1-2-9-14(16)17/h3,6-7,11H,2,4,8-10,15H2,(H2,16,17). The lowest BCUT2D eigenvalue weighted by Crippen LogP contribution is -2.08. The van der Waals surface area contributed by atoms with Crippen molar-refractivity contribution >= 4 is 5.91 Å². The van der Waals surface area contributed by atoms with Gasteiger partial charge in [-0.15, -0.1) is 0 Å². The largest absolute Gasteiger partial charge is 0.370 e. The van der Waals surface area contributed by atoms with Crippen molar-refractivity contribution in [3.63, 3.8) is 0 Å². The Balaban J connectivity index is 2.55. The second-order valence-corrected chi connectivity index (χ2v) is 3.86. The van der Waals surface area contributed by atoms with Crippen molar-refractivity contribution in [1.82, 2.24) is 0 Å². The molecule has 0 heterocycles. The number of carbonyl (C=O) groups is 1. The van der Waals surface area contributed by atoms with E-state index in [0.29, 0.717) is 19.4 Å². The van der Waals surface area contributed by atoms with E-state index in [1.807, 2.05) is 12.1 Å². The highest BCUT2D eigenvalue weighted by atomic mass is 16.1. The highest BCUT2D eigenvalue weighted by Gasteiger charge is 1.94. The van der Waals surface area contributed by atoms with Crippen LogP contribution in [0.25, 0.3) is 0 Å². The van der Waals surface area contributed by atoms with Gasteiger partial charge in [-0.25, -0.2) is 0 Å². The maximum atomic E-state index is 10.5. The summed E-state index contributed by atoms with van der Waals surface area (Å²) in [6, 6.07) is 8.09. The summed E-state index contributed by atoms with van der Waals surface area (Å²) >= 11 is 0. The fourth-order valence-corrected chi connectivity index (χ4v) is 1.46. The second kappa shape index (κ2) is 7.48. The van der Waals surface area contributed by atoms with E-state index < -0.39 is 0 Å². The Morgan fingerprint density at radius 2 is 2.18 bits per heavy atom. The van der Waals surface area contributed by atoms with Crippen LogP contribution in [-0.2, 0) is 11.2 Å². The lowest BCUT2D eigenvalue weighted by Gasteiger charge is -1.99. The molecule has 17 heavy (non-hydrogen) atoms. The van der Waals surface area contributed by atoms with E-state index in [2.05, 4.69) is 24.0 Å². The first-order valence-corrected chi connectivity index (χ1v) is 5.78. The average Bonchev–Trinajstić information content (AvgIpc) is 2.32. The van der Waals surface area contributed by atoms with Crippen LogP contribution in [0.5, 0.6) is 0 Å². The molecule has 3 heteroatoms. The summed E-state index contributed by atoms with van der Waals surface area (Å²) in [6.07, 6.45) is 2.80. The molecule has 0 aromatic heterocycles. The Morgan fingerprint density at radius 3 is 2.88 bits per heavy atom. The smallest absolute Gasteiger partial charge is 0.218 e. The van der Waals surface area contributed by atoms with Gasteiger partial charge in [0.1, 0.15) is 0 Å². The van der Waals surface area contributed by atoms with Gasteiger partial charge in [0.25, 0.3) is 0 Å². The SMILES string of the molecule is NCCCc1cccc(C#CCCC(N)=O)c1. The average molecular weight is 230 g/mol. The van der Waals surface area contributed by atoms with Crippen LogP contribution in [0.1, 0.15) is 30.4 Å². The number of aryl methyl sites for hydroxylation is 1. The van der Waals surface area contributed by atoms with E-state index in [4.69, 9.17) is 11.5 Å². The van der Waals surface area contributed by atoms with Crippen LogP contribution in [0, 0.1) is 11.8 Å². The minimum absolute atomic E-state index is 0.309. The summed E-state index contributed by atoms with van der Waals surface area (Å²) in [7, 11) is 0. The van der Waals surface area contributed by atoms with Gasteiger partial charge in [-0.05, 0) is 37.1 Å². The summed E-state index contributed by atoms with van der Waals surface area (Å²) in [5, 5.41) is 0. The van der Waals surface area contributed by atoms with Crippen molar-refractivity contribution in [3.05, 3.63) is 35.4 Å². The summed E-state index contributed by atoms with van der Waals surface area (Å²) in [6.45, 7) is 0.703. The van der Waals surface area contributed by atoms with Gasteiger partial charge in [0.05, 0.1) is 0 Å². The summed E-state index contributed by atoms with van der Waals surface area (Å²) < 4.78 is 0. The van der Waals surface area contributed by atoms with Gasteiger partial charge in [0.15, 0.2) is 0 Å². The fourth-order valence-electron chi connectivity index (χ4n) is 1.46. The number of rotatable bonds is 5. The normalized spacial score (nSPS) is 9.47. The number of hydrogen-bond donors (Lipinski definition) is 2. The van der Waals surface area contributed by atoms with E-state index in [1.165, 1.54) is 5.56 Å². The lowest BCUT2D eigenvalue weighted by atomic mass is 10.1. The molecule has 1 rings (SSSR count). The maximum absolute atomic E-state index is 10.5. The van der Waals surface area contributed by atoms with Crippen molar-refractivity contribution in [2.24, 2.45) is 11.5 Å². The van der Waals surface area contributed by atoms with E-state index in [9.17, 15) is 4.79 Å². The van der Waals surface area contributed by atoms with Gasteiger partial charge in [0, 0.05) is 18.4 Å². The third-order valence-corrected chi connectivity index (χ3v) is 2.33. The second-order valence-electron chi connectivity index (χ2n) is 3.86. The van der Waals surface area contributed by atoms with Gasteiger partial charge >= 0.3 is 0 Å². The third-order valence-electron chi connectivity index (χ3n) is 2.33. The first kappa shape index (κ1) is 13.3. The molecule has 1 aromatic carbocycles. The lowest BCUT2D eigenvalue weighted by molar-refractivity contribution is -0.117. The van der Waals surface area contributed by atoms with Gasteiger partial charge < -0.3 is 11.5 Å². The van der Waals surface area contributed by atoms with Crippen LogP contribution >= 0.6 is 0 Å². The van der Waals surface area contributed by atoms with Crippen LogP contribution in [0.4, 0.5) is 0 Å². The number of carbonyl (C=O) groups excluding carboxylic acids is 1. The number of amides is 1. The molecule has 0 atom stereocenters. The predicted molar refractivity (Wildman–Crippen MR) is 69.1 cm³/mol. The third kappa shape index (κ3) is 5.74. The Kier molecular flexibility index (Phi) is 5.84. The summed E-state index contributed by atoms with van der Waals surface area (Å²) in [5.41, 5.74) is 12.7. The maximum Gasteiger partial charge on any atom is 0.218 e. The molecule has 0 fully saturated rings. The van der Waals surface area contributed by atoms with E-state index in [-0.39, 0.29) is 5.91 Å². The van der Waals surface area contributed by atoms with Crippen LogP contribution in [0.15, 0.2) is 24.3 Å². The highest BCUT2D eigenvalue weighted by Crippen LogP contribution is 2.06. The molecular weight excluding hydrogens is 212 g/mol. The zero-order valence-electron chi connectivity index (χ0n) is 9.91. The molecule has 1 aromatic rings. The molecule has 0 aliphatic heterocycles. The number of nitrogens with two attached hydrogens (primary N) is 2. The first-order chi connectivity index (χ1) is 8.22. The van der Waals surface area contributed by atoms with Gasteiger partial charge in [-0.2, -0.15) is 0 Å². The van der Waals surface area contributed by atoms with Crippen LogP contribution in [-0.4, -0.2) is 12.5 Å². The van der Waals surface area contributed by atoms with E-state index in [1.54, 1.807) is 0 Å². The molecular formula is C14H18N2O. The fraction of sp³-hybridized carbons (Fsp3) is 0.357. The van der Waals surface area contributed by atoms with Crippen molar-refractivity contribution < 1.29 is 4.79 Å². The summed E-state index contributed by atoms with van der Waals surface area (Å²) in [5.74, 6) is 5.66. The molecule has 0 aliphatic carbocycles. The predicted octanol–water partition coefficient (Wildman–Crippen LogP) is 1.19. The van der Waals surface area contributed by atoms with Gasteiger partial charge in [-0.3, -0.25) is 4.79 Å². The van der Waals surface area contributed by atoms with Crippen molar-refractivity contribution in [2.75, 3.05) is 6.54 Å². The minimum atomic E-state index is -0.309. The Labute approximate surface area is 102 Å². The molecule has 0 radical (unpaired) electrons. The molecule has 1 amide bonds. The summed E-state index contributed by atoms with van der Waals surface area (Å²) in [4.78, 5) is 10.5. The number of primary amides is 1. The molecule has 0 saturated carbocycles. The zero-order valence-corrected chi connectivity index (χ0v) is 9.91. The van der Waals surface area contributed by atoms with Crippen LogP contribution < -0.4 is 11.5 Å². The van der Waals surface area contributed by atoms with Crippen molar-refractivity contribution in [2.45, 2.75) is 25.7 Å². The van der Waals surface area contributed by atoms with Crippen LogP contribution in [0.3, 0.4) is 0 Å². The Hall–Kier alpha value is -1.79. The van der Waals surface area contributed by atoms with Crippen LogP contribution in [0.2, 0.25) is 0 Å². The van der Waals surface area contributed by atoms with Gasteiger partial charge in [0.2, 0.25) is 5.91 Å². The topological polar surface area (TPSA) is 69.1 Å². The van der Waals surface area contributed by atoms with E-state index >= 15 is 0 Å². The zero-order chi connectivity index (χ0) is 12.5. The number of benzene rings is 1. The molecule has 3 nitrogen and oxygen atoms in total. The molecule has 4 N–H and O–H groups in total. The molecule has 0 unspecified atom stereocenters. The van der Waals surface area contributed by atoms with E-state index in [0.717, 1.165) is 18.4 Å². The molecule has 0 aliphatic rings. The minimum Gasteiger partial charge on any atom is -0.370 e. The van der Waals surface area contributed by atoms with Crippen molar-refractivity contribution in [3.8, 4) is 11.8 Å². The number of hydrogen-bond acceptors (Lipinski definition) is 2. The van der Waals surface area contributed by atoms with Crippen molar-refractivity contribution in [1.29, 1.82) is 0 Å². The molecule has 90 valence electrons. The molecule has 0 bridgehead atoms. The van der Waals surface area contributed by atoms with Gasteiger partial charge in [-0.1, -0.05) is 24.0 Å². The monoisotopic (exact) mass is 230 g/mol. The Morgan fingerprint density at radius 1 is 1.35 bits per heavy atom. The molecule has 0 spiro atoms. The Bertz CT molecular complexity index is 429. The first-order valence-electron chi connectivity index (χ1n) is 5.78.